The highest BCUT2D eigenvalue weighted by Gasteiger charge is 2.46. The van der Waals surface area contributed by atoms with Gasteiger partial charge in [0, 0.05) is 5.56 Å². The fourth-order valence-electron chi connectivity index (χ4n) is 3.21. The highest BCUT2D eigenvalue weighted by atomic mass is 28.4. The summed E-state index contributed by atoms with van der Waals surface area (Å²) in [7, 11) is -1.60. The van der Waals surface area contributed by atoms with E-state index in [0.717, 1.165) is 12.2 Å². The van der Waals surface area contributed by atoms with E-state index in [4.69, 9.17) is 9.16 Å². The Labute approximate surface area is 129 Å². The lowest BCUT2D eigenvalue weighted by molar-refractivity contribution is 0.322. The second-order valence-electron chi connectivity index (χ2n) is 7.21. The van der Waals surface area contributed by atoms with E-state index in [1.807, 2.05) is 0 Å². The van der Waals surface area contributed by atoms with Crippen molar-refractivity contribution in [1.82, 2.24) is 0 Å². The molecule has 1 saturated heterocycles. The Balaban J connectivity index is 1.73. The molecule has 2 aliphatic rings. The maximum Gasteiger partial charge on any atom is 0.242 e. The van der Waals surface area contributed by atoms with E-state index >= 15 is 0 Å². The number of hydrogen-bond donors (Lipinski definition) is 0. The first-order valence-electron chi connectivity index (χ1n) is 8.13. The Morgan fingerprint density at radius 1 is 1.24 bits per heavy atom. The molecule has 1 saturated carbocycles. The Morgan fingerprint density at radius 2 is 2.00 bits per heavy atom. The van der Waals surface area contributed by atoms with Gasteiger partial charge in [0.2, 0.25) is 8.32 Å². The summed E-state index contributed by atoms with van der Waals surface area (Å²) in [6.45, 7) is 6.72. The normalized spacial score (nSPS) is 28.9. The van der Waals surface area contributed by atoms with Crippen molar-refractivity contribution in [2.75, 3.05) is 0 Å². The zero-order valence-corrected chi connectivity index (χ0v) is 14.3. The van der Waals surface area contributed by atoms with Crippen molar-refractivity contribution < 1.29 is 9.16 Å². The summed E-state index contributed by atoms with van der Waals surface area (Å²) in [6, 6.07) is 10.5. The Hall–Kier alpha value is -1.06. The average Bonchev–Trinajstić information content (AvgIpc) is 3.23. The third-order valence-electron chi connectivity index (χ3n) is 4.23. The third kappa shape index (κ3) is 3.98. The Kier molecular flexibility index (Phi) is 4.23. The molecule has 3 rings (SSSR count). The van der Waals surface area contributed by atoms with Gasteiger partial charge in [-0.3, -0.25) is 0 Å². The van der Waals surface area contributed by atoms with Crippen molar-refractivity contribution in [3.63, 3.8) is 0 Å². The molecule has 0 amide bonds. The molecule has 2 fully saturated rings. The molecule has 2 nitrogen and oxygen atoms in total. The standard InChI is InChI=1S/C18H26O2Si/c1-21(2,3)20-16(14-8-5-4-6-9-14)13-12-15-10-7-11-17-18(15)19-17/h4-6,8-9,13,15,17-18H,7,10-12H2,1-3H3/b16-13-/t15-,17+,18-/m0/s1. The van der Waals surface area contributed by atoms with E-state index in [1.165, 1.54) is 24.8 Å². The number of benzene rings is 1. The molecular formula is C18H26O2Si. The van der Waals surface area contributed by atoms with Gasteiger partial charge in [-0.1, -0.05) is 36.8 Å². The topological polar surface area (TPSA) is 21.8 Å². The maximum absolute atomic E-state index is 6.32. The largest absolute Gasteiger partial charge is 0.544 e. The van der Waals surface area contributed by atoms with E-state index in [-0.39, 0.29) is 0 Å². The van der Waals surface area contributed by atoms with E-state index in [2.05, 4.69) is 56.0 Å². The molecule has 1 aromatic rings. The van der Waals surface area contributed by atoms with Crippen molar-refractivity contribution >= 4 is 14.1 Å². The lowest BCUT2D eigenvalue weighted by Gasteiger charge is -2.23. The zero-order valence-electron chi connectivity index (χ0n) is 13.3. The molecule has 1 aliphatic heterocycles. The van der Waals surface area contributed by atoms with Crippen LogP contribution in [-0.4, -0.2) is 20.5 Å². The van der Waals surface area contributed by atoms with Crippen LogP contribution in [0.5, 0.6) is 0 Å². The first kappa shape index (κ1) is 14.9. The predicted molar refractivity (Wildman–Crippen MR) is 89.5 cm³/mol. The Bertz CT molecular complexity index is 504. The zero-order chi connectivity index (χ0) is 14.9. The molecule has 1 aromatic carbocycles. The number of ether oxygens (including phenoxy) is 1. The van der Waals surface area contributed by atoms with Crippen LogP contribution in [0.25, 0.3) is 5.76 Å². The molecule has 0 spiro atoms. The van der Waals surface area contributed by atoms with Crippen molar-refractivity contribution in [2.24, 2.45) is 5.92 Å². The van der Waals surface area contributed by atoms with Crippen LogP contribution in [0.3, 0.4) is 0 Å². The van der Waals surface area contributed by atoms with Gasteiger partial charge < -0.3 is 9.16 Å². The first-order chi connectivity index (χ1) is 10.0. The Morgan fingerprint density at radius 3 is 2.71 bits per heavy atom. The van der Waals surface area contributed by atoms with Crippen LogP contribution in [0.15, 0.2) is 36.4 Å². The fourth-order valence-corrected chi connectivity index (χ4v) is 4.07. The van der Waals surface area contributed by atoms with Crippen LogP contribution in [0.2, 0.25) is 19.6 Å². The molecule has 1 aliphatic carbocycles. The van der Waals surface area contributed by atoms with Crippen LogP contribution >= 0.6 is 0 Å². The summed E-state index contributed by atoms with van der Waals surface area (Å²) in [5.41, 5.74) is 1.20. The molecular weight excluding hydrogens is 276 g/mol. The van der Waals surface area contributed by atoms with Crippen molar-refractivity contribution in [2.45, 2.75) is 57.5 Å². The second kappa shape index (κ2) is 5.97. The molecule has 0 radical (unpaired) electrons. The molecule has 0 aromatic heterocycles. The fraction of sp³-hybridized carbons (Fsp3) is 0.556. The molecule has 3 atom stereocenters. The van der Waals surface area contributed by atoms with Crippen LogP contribution in [-0.2, 0) is 9.16 Å². The van der Waals surface area contributed by atoms with E-state index in [0.29, 0.717) is 18.1 Å². The number of fused-ring (bicyclic) bond motifs is 1. The highest BCUT2D eigenvalue weighted by Crippen LogP contribution is 2.42. The van der Waals surface area contributed by atoms with Crippen LogP contribution in [0.1, 0.15) is 31.2 Å². The molecule has 3 heteroatoms. The number of allylic oxidation sites excluding steroid dienone is 1. The van der Waals surface area contributed by atoms with Crippen molar-refractivity contribution in [3.05, 3.63) is 42.0 Å². The molecule has 21 heavy (non-hydrogen) atoms. The minimum atomic E-state index is -1.60. The van der Waals surface area contributed by atoms with Gasteiger partial charge in [-0.05, 0) is 50.9 Å². The highest BCUT2D eigenvalue weighted by molar-refractivity contribution is 6.70. The summed E-state index contributed by atoms with van der Waals surface area (Å²) < 4.78 is 12.1. The predicted octanol–water partition coefficient (Wildman–Crippen LogP) is 4.84. The number of hydrogen-bond acceptors (Lipinski definition) is 2. The van der Waals surface area contributed by atoms with Gasteiger partial charge in [0.05, 0.1) is 12.2 Å². The third-order valence-corrected chi connectivity index (χ3v) is 5.06. The SMILES string of the molecule is C[Si](C)(C)O/C(=C\C[C@@H]1CCC[C@H]2O[C@@H]12)c1ccccc1. The van der Waals surface area contributed by atoms with Crippen LogP contribution < -0.4 is 0 Å². The lowest BCUT2D eigenvalue weighted by Crippen LogP contribution is -2.24. The molecule has 1 heterocycles. The van der Waals surface area contributed by atoms with Gasteiger partial charge in [-0.2, -0.15) is 0 Å². The minimum Gasteiger partial charge on any atom is -0.544 e. The van der Waals surface area contributed by atoms with Crippen LogP contribution in [0, 0.1) is 5.92 Å². The minimum absolute atomic E-state index is 0.527. The molecule has 0 N–H and O–H groups in total. The smallest absolute Gasteiger partial charge is 0.242 e. The maximum atomic E-state index is 6.32. The van der Waals surface area contributed by atoms with Crippen molar-refractivity contribution in [1.29, 1.82) is 0 Å². The summed E-state index contributed by atoms with van der Waals surface area (Å²) >= 11 is 0. The van der Waals surface area contributed by atoms with Gasteiger partial charge in [-0.15, -0.1) is 0 Å². The van der Waals surface area contributed by atoms with Gasteiger partial charge in [0.1, 0.15) is 5.76 Å². The summed E-state index contributed by atoms with van der Waals surface area (Å²) in [5.74, 6) is 1.75. The van der Waals surface area contributed by atoms with E-state index < -0.39 is 8.32 Å². The van der Waals surface area contributed by atoms with Gasteiger partial charge in [0.15, 0.2) is 0 Å². The van der Waals surface area contributed by atoms with Gasteiger partial charge in [0.25, 0.3) is 0 Å². The lowest BCUT2D eigenvalue weighted by atomic mass is 9.86. The quantitative estimate of drug-likeness (QED) is 0.441. The van der Waals surface area contributed by atoms with Gasteiger partial charge in [-0.25, -0.2) is 0 Å². The van der Waals surface area contributed by atoms with E-state index in [9.17, 15) is 0 Å². The molecule has 0 unspecified atom stereocenters. The molecule has 0 bridgehead atoms. The second-order valence-corrected chi connectivity index (χ2v) is 11.6. The van der Waals surface area contributed by atoms with Gasteiger partial charge >= 0.3 is 0 Å². The number of rotatable bonds is 5. The van der Waals surface area contributed by atoms with E-state index in [1.54, 1.807) is 0 Å². The molecule has 114 valence electrons. The average molecular weight is 302 g/mol. The monoisotopic (exact) mass is 302 g/mol. The number of epoxide rings is 1. The summed E-state index contributed by atoms with van der Waals surface area (Å²) in [4.78, 5) is 0. The van der Waals surface area contributed by atoms with Crippen LogP contribution in [0.4, 0.5) is 0 Å². The summed E-state index contributed by atoms with van der Waals surface area (Å²) in [5, 5.41) is 0. The first-order valence-corrected chi connectivity index (χ1v) is 11.5. The van der Waals surface area contributed by atoms with Crippen molar-refractivity contribution in [3.8, 4) is 0 Å². The summed E-state index contributed by atoms with van der Waals surface area (Å²) in [6.07, 6.45) is 8.36.